The highest BCUT2D eigenvalue weighted by Gasteiger charge is 2.40. The predicted octanol–water partition coefficient (Wildman–Crippen LogP) is 6.37. The zero-order valence-corrected chi connectivity index (χ0v) is 27.7. The molecule has 0 aliphatic carbocycles. The number of hydrogen-bond donors (Lipinski definition) is 2. The molecule has 2 N–H and O–H groups in total. The molecule has 2 aliphatic rings. The Morgan fingerprint density at radius 1 is 1.00 bits per heavy atom. The molecule has 5 rings (SSSR count). The van der Waals surface area contributed by atoms with E-state index in [0.29, 0.717) is 43.3 Å². The zero-order chi connectivity index (χ0) is 34.1. The van der Waals surface area contributed by atoms with Crippen LogP contribution in [0.2, 0.25) is 0 Å². The average Bonchev–Trinajstić information content (AvgIpc) is 3.40. The quantitative estimate of drug-likeness (QED) is 0.326. The van der Waals surface area contributed by atoms with Gasteiger partial charge in [-0.1, -0.05) is 12.1 Å². The first-order valence-corrected chi connectivity index (χ1v) is 15.4. The van der Waals surface area contributed by atoms with Crippen molar-refractivity contribution in [2.75, 3.05) is 43.5 Å². The van der Waals surface area contributed by atoms with Crippen molar-refractivity contribution in [1.29, 1.82) is 5.26 Å². The Morgan fingerprint density at radius 3 is 2.23 bits per heavy atom. The van der Waals surface area contributed by atoms with Crippen LogP contribution in [-0.2, 0) is 9.47 Å². The molecule has 248 valence electrons. The first-order chi connectivity index (χ1) is 22.2. The summed E-state index contributed by atoms with van der Waals surface area (Å²) in [6.07, 6.45) is -1.04. The van der Waals surface area contributed by atoms with Crippen LogP contribution in [0.4, 0.5) is 31.3 Å². The first kappa shape index (κ1) is 33.2. The molecule has 3 aromatic rings. The third kappa shape index (κ3) is 7.48. The number of piperazine rings is 1. The molecule has 1 aromatic heterocycles. The van der Waals surface area contributed by atoms with Crippen LogP contribution in [0.15, 0.2) is 47.5 Å². The molecule has 2 aromatic carbocycles. The molecule has 1 saturated heterocycles. The Morgan fingerprint density at radius 2 is 1.66 bits per heavy atom. The van der Waals surface area contributed by atoms with E-state index in [-0.39, 0.29) is 23.2 Å². The molecule has 0 spiro atoms. The van der Waals surface area contributed by atoms with Crippen molar-refractivity contribution < 1.29 is 28.2 Å². The molecule has 1 fully saturated rings. The van der Waals surface area contributed by atoms with Crippen LogP contribution in [0, 0.1) is 23.1 Å². The largest absolute Gasteiger partial charge is 0.497 e. The molecule has 2 aliphatic heterocycles. The topological polar surface area (TPSA) is 145 Å². The van der Waals surface area contributed by atoms with Gasteiger partial charge in [-0.25, -0.2) is 19.0 Å². The number of aliphatic imine (C=N–C) groups is 1. The minimum absolute atomic E-state index is 0.156. The van der Waals surface area contributed by atoms with Gasteiger partial charge in [0.2, 0.25) is 0 Å². The SMILES string of the molecule is COc1ccc(C2=Nc3[nH]nc(NC(=O)OC(C)(C)C)c3C(c3ccc(N4CCN(C(=O)OC(C)(C)C)CC4)cc3)C2C#N)c(F)c1. The number of benzene rings is 2. The van der Waals surface area contributed by atoms with Crippen molar-refractivity contribution in [1.82, 2.24) is 15.1 Å². The van der Waals surface area contributed by atoms with Gasteiger partial charge in [0.25, 0.3) is 0 Å². The highest BCUT2D eigenvalue weighted by Crippen LogP contribution is 2.46. The zero-order valence-electron chi connectivity index (χ0n) is 27.7. The van der Waals surface area contributed by atoms with E-state index in [1.54, 1.807) is 31.7 Å². The van der Waals surface area contributed by atoms with E-state index in [9.17, 15) is 14.9 Å². The standard InChI is InChI=1S/C34H40FN7O5/c1-33(2,3)46-31(43)38-30-27-26(24(19-36)28(37-29(27)39-40-30)23-13-12-22(45-7)18-25(23)35)20-8-10-21(11-9-20)41-14-16-42(17-15-41)32(44)47-34(4,5)6/h8-13,18,24,26H,14-17H2,1-7H3,(H2,38,39,40,43). The van der Waals surface area contributed by atoms with Crippen molar-refractivity contribution in [2.45, 2.75) is 58.7 Å². The maximum Gasteiger partial charge on any atom is 0.413 e. The van der Waals surface area contributed by atoms with Crippen molar-refractivity contribution in [2.24, 2.45) is 10.9 Å². The van der Waals surface area contributed by atoms with Gasteiger partial charge in [-0.15, -0.1) is 0 Å². The van der Waals surface area contributed by atoms with Crippen LogP contribution >= 0.6 is 0 Å². The smallest absolute Gasteiger partial charge is 0.413 e. The second-order valence-corrected chi connectivity index (χ2v) is 13.4. The van der Waals surface area contributed by atoms with Crippen LogP contribution in [0.3, 0.4) is 0 Å². The maximum atomic E-state index is 15.4. The summed E-state index contributed by atoms with van der Waals surface area (Å²) >= 11 is 0. The predicted molar refractivity (Wildman–Crippen MR) is 175 cm³/mol. The number of nitrogens with one attached hydrogen (secondary N) is 2. The number of rotatable bonds is 5. The monoisotopic (exact) mass is 645 g/mol. The van der Waals surface area contributed by atoms with Crippen molar-refractivity contribution in [3.8, 4) is 11.8 Å². The molecule has 13 heteroatoms. The Bertz CT molecular complexity index is 1710. The number of halogens is 1. The minimum Gasteiger partial charge on any atom is -0.497 e. The first-order valence-electron chi connectivity index (χ1n) is 15.4. The highest BCUT2D eigenvalue weighted by atomic mass is 19.1. The third-order valence-corrected chi connectivity index (χ3v) is 7.71. The molecule has 0 radical (unpaired) electrons. The fraction of sp³-hybridized carbons (Fsp3) is 0.441. The summed E-state index contributed by atoms with van der Waals surface area (Å²) < 4.78 is 31.5. The summed E-state index contributed by atoms with van der Waals surface area (Å²) in [5.74, 6) is -1.41. The lowest BCUT2D eigenvalue weighted by molar-refractivity contribution is 0.0240. The molecule has 2 unspecified atom stereocenters. The van der Waals surface area contributed by atoms with Crippen LogP contribution in [-0.4, -0.2) is 77.5 Å². The van der Waals surface area contributed by atoms with E-state index in [0.717, 1.165) is 11.3 Å². The maximum absolute atomic E-state index is 15.4. The lowest BCUT2D eigenvalue weighted by Gasteiger charge is -2.37. The number of nitriles is 1. The Kier molecular flexibility index (Phi) is 9.15. The molecule has 2 atom stereocenters. The van der Waals surface area contributed by atoms with Gasteiger partial charge in [0.05, 0.1) is 24.5 Å². The molecule has 0 saturated carbocycles. The normalized spacial score (nSPS) is 18.1. The number of methoxy groups -OCH3 is 1. The summed E-state index contributed by atoms with van der Waals surface area (Å²) in [6.45, 7) is 13.0. The van der Waals surface area contributed by atoms with E-state index in [4.69, 9.17) is 14.2 Å². The number of ether oxygens (including phenoxy) is 3. The van der Waals surface area contributed by atoms with Crippen LogP contribution in [0.25, 0.3) is 0 Å². The third-order valence-electron chi connectivity index (χ3n) is 7.71. The lowest BCUT2D eigenvalue weighted by Crippen LogP contribution is -2.50. The van der Waals surface area contributed by atoms with Crippen LogP contribution < -0.4 is 15.0 Å². The number of aromatic amines is 1. The number of carbonyl (C=O) groups is 2. The van der Waals surface area contributed by atoms with Gasteiger partial charge in [-0.05, 0) is 71.4 Å². The number of fused-ring (bicyclic) bond motifs is 1. The summed E-state index contributed by atoms with van der Waals surface area (Å²) in [6, 6.07) is 14.5. The highest BCUT2D eigenvalue weighted by molar-refractivity contribution is 6.08. The summed E-state index contributed by atoms with van der Waals surface area (Å²) in [7, 11) is 1.45. The summed E-state index contributed by atoms with van der Waals surface area (Å²) in [5.41, 5.74) is 1.23. The van der Waals surface area contributed by atoms with E-state index < -0.39 is 34.9 Å². The van der Waals surface area contributed by atoms with Gasteiger partial charge in [0, 0.05) is 49.4 Å². The van der Waals surface area contributed by atoms with Gasteiger partial charge in [0.1, 0.15) is 28.7 Å². The number of hydrogen-bond acceptors (Lipinski definition) is 9. The number of amides is 2. The van der Waals surface area contributed by atoms with Gasteiger partial charge < -0.3 is 24.0 Å². The van der Waals surface area contributed by atoms with E-state index in [1.165, 1.54) is 19.2 Å². The number of carbonyl (C=O) groups excluding carboxylic acids is 2. The van der Waals surface area contributed by atoms with Crippen molar-refractivity contribution in [3.63, 3.8) is 0 Å². The molecule has 47 heavy (non-hydrogen) atoms. The number of nitrogens with zero attached hydrogens (tertiary/aromatic N) is 5. The summed E-state index contributed by atoms with van der Waals surface area (Å²) in [4.78, 5) is 33.8. The fourth-order valence-corrected chi connectivity index (χ4v) is 5.65. The minimum atomic E-state index is -0.939. The average molecular weight is 646 g/mol. The van der Waals surface area contributed by atoms with Gasteiger partial charge in [-0.2, -0.15) is 10.4 Å². The summed E-state index contributed by atoms with van der Waals surface area (Å²) in [5, 5.41) is 20.4. The number of anilines is 2. The van der Waals surface area contributed by atoms with Crippen molar-refractivity contribution >= 4 is 35.2 Å². The molecule has 12 nitrogen and oxygen atoms in total. The van der Waals surface area contributed by atoms with E-state index >= 15 is 4.39 Å². The number of aromatic nitrogens is 2. The van der Waals surface area contributed by atoms with Gasteiger partial charge >= 0.3 is 12.2 Å². The fourth-order valence-electron chi connectivity index (χ4n) is 5.65. The lowest BCUT2D eigenvalue weighted by atomic mass is 9.75. The molecular formula is C34H40FN7O5. The van der Waals surface area contributed by atoms with E-state index in [1.807, 2.05) is 45.0 Å². The molecular weight excluding hydrogens is 605 g/mol. The Labute approximate surface area is 273 Å². The molecule has 0 bridgehead atoms. The van der Waals surface area contributed by atoms with E-state index in [2.05, 4.69) is 31.5 Å². The second-order valence-electron chi connectivity index (χ2n) is 13.4. The molecule has 3 heterocycles. The van der Waals surface area contributed by atoms with Crippen LogP contribution in [0.1, 0.15) is 64.2 Å². The van der Waals surface area contributed by atoms with Gasteiger partial charge in [-0.3, -0.25) is 10.4 Å². The Balaban J connectivity index is 1.47. The Hall–Kier alpha value is -5.12. The second kappa shape index (κ2) is 12.9. The number of H-pyrrole nitrogens is 1. The van der Waals surface area contributed by atoms with Crippen molar-refractivity contribution in [3.05, 3.63) is 65.0 Å². The van der Waals surface area contributed by atoms with Crippen LogP contribution in [0.5, 0.6) is 5.75 Å². The molecule has 2 amide bonds. The van der Waals surface area contributed by atoms with Gasteiger partial charge in [0.15, 0.2) is 11.6 Å².